The SMILES string of the molecule is CC1(c2ccccc2)CCN(C(=NCc2ccccc2)NC#N)CC1. The highest BCUT2D eigenvalue weighted by Gasteiger charge is 2.32. The molecule has 4 heteroatoms. The Morgan fingerprint density at radius 3 is 2.28 bits per heavy atom. The van der Waals surface area contributed by atoms with Gasteiger partial charge in [0.1, 0.15) is 0 Å². The van der Waals surface area contributed by atoms with Crippen LogP contribution < -0.4 is 5.32 Å². The summed E-state index contributed by atoms with van der Waals surface area (Å²) in [6.07, 6.45) is 4.13. The average molecular weight is 332 g/mol. The molecule has 1 N–H and O–H groups in total. The van der Waals surface area contributed by atoms with Gasteiger partial charge in [0.25, 0.3) is 0 Å². The van der Waals surface area contributed by atoms with E-state index in [9.17, 15) is 0 Å². The van der Waals surface area contributed by atoms with E-state index in [4.69, 9.17) is 5.26 Å². The van der Waals surface area contributed by atoms with Crippen LogP contribution in [0.2, 0.25) is 0 Å². The van der Waals surface area contributed by atoms with Gasteiger partial charge in [-0.3, -0.25) is 5.32 Å². The second-order valence-corrected chi connectivity index (χ2v) is 6.78. The molecule has 0 unspecified atom stereocenters. The predicted octanol–water partition coefficient (Wildman–Crippen LogP) is 3.67. The first kappa shape index (κ1) is 17.0. The number of rotatable bonds is 3. The molecule has 0 aromatic heterocycles. The van der Waals surface area contributed by atoms with E-state index in [2.05, 4.69) is 64.6 Å². The number of hydrogen-bond acceptors (Lipinski definition) is 2. The van der Waals surface area contributed by atoms with Crippen LogP contribution in [0.3, 0.4) is 0 Å². The number of aliphatic imine (C=N–C) groups is 1. The fourth-order valence-electron chi connectivity index (χ4n) is 3.36. The molecule has 2 aromatic rings. The monoisotopic (exact) mass is 332 g/mol. The van der Waals surface area contributed by atoms with E-state index in [1.165, 1.54) is 5.56 Å². The molecule has 0 amide bonds. The molecular weight excluding hydrogens is 308 g/mol. The fourth-order valence-corrected chi connectivity index (χ4v) is 3.36. The summed E-state index contributed by atoms with van der Waals surface area (Å²) in [4.78, 5) is 6.83. The number of nitrogens with one attached hydrogen (secondary N) is 1. The third-order valence-electron chi connectivity index (χ3n) is 5.06. The maximum atomic E-state index is 9.08. The van der Waals surface area contributed by atoms with Gasteiger partial charge < -0.3 is 4.90 Å². The number of piperidine rings is 1. The molecule has 1 aliphatic rings. The Kier molecular flexibility index (Phi) is 5.35. The van der Waals surface area contributed by atoms with E-state index in [-0.39, 0.29) is 5.41 Å². The summed E-state index contributed by atoms with van der Waals surface area (Å²) >= 11 is 0. The molecule has 4 nitrogen and oxygen atoms in total. The molecule has 128 valence electrons. The quantitative estimate of drug-likeness (QED) is 0.404. The van der Waals surface area contributed by atoms with Crippen LogP contribution in [0.4, 0.5) is 0 Å². The number of nitrogens with zero attached hydrogens (tertiary/aromatic N) is 3. The number of nitriles is 1. The minimum Gasteiger partial charge on any atom is -0.342 e. The van der Waals surface area contributed by atoms with Crippen LogP contribution in [-0.4, -0.2) is 23.9 Å². The van der Waals surface area contributed by atoms with Crippen molar-refractivity contribution in [2.75, 3.05) is 13.1 Å². The Balaban J connectivity index is 1.67. The fraction of sp³-hybridized carbons (Fsp3) is 0.333. The van der Waals surface area contributed by atoms with Crippen molar-refractivity contribution in [2.45, 2.75) is 31.7 Å². The molecule has 0 saturated carbocycles. The lowest BCUT2D eigenvalue weighted by atomic mass is 9.74. The summed E-state index contributed by atoms with van der Waals surface area (Å²) in [7, 11) is 0. The van der Waals surface area contributed by atoms with Crippen molar-refractivity contribution in [3.05, 3.63) is 71.8 Å². The number of guanidine groups is 1. The van der Waals surface area contributed by atoms with Crippen LogP contribution in [0.25, 0.3) is 0 Å². The molecule has 1 fully saturated rings. The number of benzene rings is 2. The third kappa shape index (κ3) is 4.19. The van der Waals surface area contributed by atoms with E-state index < -0.39 is 0 Å². The van der Waals surface area contributed by atoms with Gasteiger partial charge >= 0.3 is 0 Å². The molecular formula is C21H24N4. The molecule has 0 atom stereocenters. The van der Waals surface area contributed by atoms with E-state index in [1.54, 1.807) is 0 Å². The summed E-state index contributed by atoms with van der Waals surface area (Å²) in [6.45, 7) is 4.71. The predicted molar refractivity (Wildman–Crippen MR) is 101 cm³/mol. The molecule has 0 radical (unpaired) electrons. The number of likely N-dealkylation sites (tertiary alicyclic amines) is 1. The van der Waals surface area contributed by atoms with Crippen LogP contribution in [0, 0.1) is 11.5 Å². The van der Waals surface area contributed by atoms with Crippen molar-refractivity contribution in [1.29, 1.82) is 5.26 Å². The van der Waals surface area contributed by atoms with Crippen LogP contribution in [0.1, 0.15) is 30.9 Å². The molecule has 1 aliphatic heterocycles. The second-order valence-electron chi connectivity index (χ2n) is 6.78. The van der Waals surface area contributed by atoms with Crippen molar-refractivity contribution in [1.82, 2.24) is 10.2 Å². The van der Waals surface area contributed by atoms with Crippen LogP contribution >= 0.6 is 0 Å². The second kappa shape index (κ2) is 7.85. The van der Waals surface area contributed by atoms with Gasteiger partial charge in [-0.25, -0.2) is 4.99 Å². The molecule has 1 heterocycles. The molecule has 0 aliphatic carbocycles. The first-order chi connectivity index (χ1) is 12.2. The molecule has 1 saturated heterocycles. The Bertz CT molecular complexity index is 738. The zero-order valence-electron chi connectivity index (χ0n) is 14.7. The van der Waals surface area contributed by atoms with Crippen molar-refractivity contribution >= 4 is 5.96 Å². The third-order valence-corrected chi connectivity index (χ3v) is 5.06. The van der Waals surface area contributed by atoms with Gasteiger partial charge in [0.05, 0.1) is 6.54 Å². The summed E-state index contributed by atoms with van der Waals surface area (Å²) in [5.41, 5.74) is 2.73. The lowest BCUT2D eigenvalue weighted by Crippen LogP contribution is -2.47. The van der Waals surface area contributed by atoms with Crippen LogP contribution in [0.15, 0.2) is 65.7 Å². The van der Waals surface area contributed by atoms with Crippen molar-refractivity contribution in [3.63, 3.8) is 0 Å². The molecule has 25 heavy (non-hydrogen) atoms. The van der Waals surface area contributed by atoms with Gasteiger partial charge in [-0.2, -0.15) is 5.26 Å². The smallest absolute Gasteiger partial charge is 0.207 e. The topological polar surface area (TPSA) is 51.4 Å². The Labute approximate surface area is 149 Å². The Morgan fingerprint density at radius 2 is 1.68 bits per heavy atom. The highest BCUT2D eigenvalue weighted by molar-refractivity contribution is 5.81. The van der Waals surface area contributed by atoms with E-state index in [0.29, 0.717) is 12.5 Å². The van der Waals surface area contributed by atoms with Gasteiger partial charge in [0.15, 0.2) is 6.19 Å². The van der Waals surface area contributed by atoms with Gasteiger partial charge in [-0.1, -0.05) is 67.6 Å². The minimum absolute atomic E-state index is 0.189. The Morgan fingerprint density at radius 1 is 1.08 bits per heavy atom. The Hall–Kier alpha value is -2.80. The molecule has 3 rings (SSSR count). The lowest BCUT2D eigenvalue weighted by molar-refractivity contribution is 0.237. The molecule has 2 aromatic carbocycles. The van der Waals surface area contributed by atoms with Gasteiger partial charge in [0.2, 0.25) is 5.96 Å². The maximum absolute atomic E-state index is 9.08. The van der Waals surface area contributed by atoms with E-state index >= 15 is 0 Å². The summed E-state index contributed by atoms with van der Waals surface area (Å²) in [5.74, 6) is 0.682. The lowest BCUT2D eigenvalue weighted by Gasteiger charge is -2.40. The summed E-state index contributed by atoms with van der Waals surface area (Å²) < 4.78 is 0. The standard InChI is InChI=1S/C21H24N4/c1-21(19-10-6-3-7-11-19)12-14-25(15-13-21)20(24-17-22)23-16-18-8-4-2-5-9-18/h2-11H,12-16H2,1H3,(H,23,24). The maximum Gasteiger partial charge on any atom is 0.207 e. The van der Waals surface area contributed by atoms with E-state index in [1.807, 2.05) is 24.4 Å². The van der Waals surface area contributed by atoms with Crippen molar-refractivity contribution in [3.8, 4) is 6.19 Å². The van der Waals surface area contributed by atoms with Gasteiger partial charge in [-0.15, -0.1) is 0 Å². The minimum atomic E-state index is 0.189. The normalized spacial score (nSPS) is 17.0. The first-order valence-electron chi connectivity index (χ1n) is 8.75. The van der Waals surface area contributed by atoms with E-state index in [0.717, 1.165) is 31.5 Å². The molecule has 0 bridgehead atoms. The summed E-state index contributed by atoms with van der Waals surface area (Å²) in [5, 5.41) is 11.8. The number of hydrogen-bond donors (Lipinski definition) is 1. The van der Waals surface area contributed by atoms with Crippen molar-refractivity contribution < 1.29 is 0 Å². The average Bonchev–Trinajstić information content (AvgIpc) is 2.67. The zero-order chi connectivity index (χ0) is 17.5. The van der Waals surface area contributed by atoms with Gasteiger partial charge in [-0.05, 0) is 29.4 Å². The summed E-state index contributed by atoms with van der Waals surface area (Å²) in [6, 6.07) is 20.8. The first-order valence-corrected chi connectivity index (χ1v) is 8.75. The highest BCUT2D eigenvalue weighted by atomic mass is 15.3. The van der Waals surface area contributed by atoms with Crippen LogP contribution in [-0.2, 0) is 12.0 Å². The van der Waals surface area contributed by atoms with Crippen molar-refractivity contribution in [2.24, 2.45) is 4.99 Å². The highest BCUT2D eigenvalue weighted by Crippen LogP contribution is 2.34. The van der Waals surface area contributed by atoms with Crippen LogP contribution in [0.5, 0.6) is 0 Å². The van der Waals surface area contributed by atoms with Gasteiger partial charge in [0, 0.05) is 13.1 Å². The largest absolute Gasteiger partial charge is 0.342 e. The molecule has 0 spiro atoms. The zero-order valence-corrected chi connectivity index (χ0v) is 14.7.